The van der Waals surface area contributed by atoms with E-state index in [2.05, 4.69) is 0 Å². The fraction of sp³-hybridized carbons (Fsp3) is 0.364. The Balaban J connectivity index is 2.64. The van der Waals surface area contributed by atoms with Gasteiger partial charge in [-0.05, 0) is 31.2 Å². The highest BCUT2D eigenvalue weighted by molar-refractivity contribution is 6.31. The van der Waals surface area contributed by atoms with Crippen LogP contribution in [0, 0.1) is 0 Å². The van der Waals surface area contributed by atoms with Crippen molar-refractivity contribution in [3.05, 3.63) is 33.7 Å². The maximum Gasteiger partial charge on any atom is 0.328 e. The molecule has 2 aromatic rings. The summed E-state index contributed by atoms with van der Waals surface area (Å²) < 4.78 is 3.34. The van der Waals surface area contributed by atoms with E-state index in [4.69, 9.17) is 17.3 Å². The zero-order valence-corrected chi connectivity index (χ0v) is 9.87. The van der Waals surface area contributed by atoms with Gasteiger partial charge in [0.2, 0.25) is 0 Å². The molecule has 0 radical (unpaired) electrons. The molecule has 1 aromatic heterocycles. The van der Waals surface area contributed by atoms with E-state index in [-0.39, 0.29) is 5.69 Å². The van der Waals surface area contributed by atoms with Gasteiger partial charge in [-0.1, -0.05) is 11.6 Å². The third-order valence-electron chi connectivity index (χ3n) is 2.69. The third kappa shape index (κ3) is 1.74. The quantitative estimate of drug-likeness (QED) is 0.879. The zero-order chi connectivity index (χ0) is 11.7. The first kappa shape index (κ1) is 11.2. The molecule has 0 atom stereocenters. The molecule has 0 saturated heterocycles. The molecule has 86 valence electrons. The molecule has 0 fully saturated rings. The molecule has 16 heavy (non-hydrogen) atoms. The van der Waals surface area contributed by atoms with E-state index in [1.807, 2.05) is 6.07 Å². The second kappa shape index (κ2) is 4.31. The fourth-order valence-electron chi connectivity index (χ4n) is 1.85. The largest absolute Gasteiger partial charge is 0.330 e. The maximum atomic E-state index is 11.9. The molecular weight excluding hydrogens is 226 g/mol. The number of aromatic nitrogens is 2. The molecule has 1 aromatic carbocycles. The second-order valence-electron chi connectivity index (χ2n) is 3.77. The fourth-order valence-corrected chi connectivity index (χ4v) is 2.01. The first-order valence-electron chi connectivity index (χ1n) is 5.20. The molecule has 0 amide bonds. The van der Waals surface area contributed by atoms with Crippen molar-refractivity contribution in [2.24, 2.45) is 12.8 Å². The molecule has 5 heteroatoms. The lowest BCUT2D eigenvalue weighted by atomic mass is 10.3. The molecule has 2 N–H and O–H groups in total. The van der Waals surface area contributed by atoms with Crippen molar-refractivity contribution in [3.8, 4) is 0 Å². The van der Waals surface area contributed by atoms with Gasteiger partial charge in [-0.15, -0.1) is 0 Å². The van der Waals surface area contributed by atoms with Gasteiger partial charge in [-0.2, -0.15) is 0 Å². The highest BCUT2D eigenvalue weighted by Gasteiger charge is 2.09. The van der Waals surface area contributed by atoms with E-state index in [0.29, 0.717) is 18.1 Å². The molecule has 0 aliphatic heterocycles. The lowest BCUT2D eigenvalue weighted by Crippen LogP contribution is -2.23. The summed E-state index contributed by atoms with van der Waals surface area (Å²) in [5.74, 6) is 0. The average molecular weight is 240 g/mol. The van der Waals surface area contributed by atoms with Gasteiger partial charge in [0.15, 0.2) is 0 Å². The van der Waals surface area contributed by atoms with E-state index in [1.165, 1.54) is 0 Å². The van der Waals surface area contributed by atoms with Crippen LogP contribution in [0.15, 0.2) is 23.0 Å². The number of hydrogen-bond acceptors (Lipinski definition) is 2. The average Bonchev–Trinajstić information content (AvgIpc) is 2.50. The van der Waals surface area contributed by atoms with Crippen molar-refractivity contribution in [2.45, 2.75) is 13.0 Å². The lowest BCUT2D eigenvalue weighted by Gasteiger charge is -2.00. The van der Waals surface area contributed by atoms with Gasteiger partial charge in [-0.25, -0.2) is 4.79 Å². The van der Waals surface area contributed by atoms with Crippen LogP contribution in [0.5, 0.6) is 0 Å². The van der Waals surface area contributed by atoms with Gasteiger partial charge in [0, 0.05) is 18.6 Å². The Kier molecular flexibility index (Phi) is 3.03. The number of halogens is 1. The topological polar surface area (TPSA) is 53.0 Å². The monoisotopic (exact) mass is 239 g/mol. The highest BCUT2D eigenvalue weighted by Crippen LogP contribution is 2.18. The van der Waals surface area contributed by atoms with Crippen LogP contribution in [0.3, 0.4) is 0 Å². The van der Waals surface area contributed by atoms with Crippen LogP contribution in [0.25, 0.3) is 11.0 Å². The van der Waals surface area contributed by atoms with Crippen LogP contribution in [-0.2, 0) is 13.6 Å². The summed E-state index contributed by atoms with van der Waals surface area (Å²) in [7, 11) is 1.75. The molecule has 0 aliphatic carbocycles. The van der Waals surface area contributed by atoms with E-state index < -0.39 is 0 Å². The number of imidazole rings is 1. The standard InChI is InChI=1S/C11H14ClN3O/c1-14-10-7-8(12)3-4-9(10)15(11(14)16)6-2-5-13/h3-4,7H,2,5-6,13H2,1H3. The summed E-state index contributed by atoms with van der Waals surface area (Å²) in [4.78, 5) is 11.9. The van der Waals surface area contributed by atoms with Crippen molar-refractivity contribution in [2.75, 3.05) is 6.54 Å². The zero-order valence-electron chi connectivity index (χ0n) is 9.11. The molecule has 0 unspecified atom stereocenters. The predicted molar refractivity (Wildman–Crippen MR) is 65.9 cm³/mol. The number of rotatable bonds is 3. The lowest BCUT2D eigenvalue weighted by molar-refractivity contribution is 0.630. The van der Waals surface area contributed by atoms with Crippen LogP contribution in [0.1, 0.15) is 6.42 Å². The number of aryl methyl sites for hydroxylation is 2. The van der Waals surface area contributed by atoms with Crippen molar-refractivity contribution in [1.29, 1.82) is 0 Å². The first-order chi connectivity index (χ1) is 7.65. The van der Waals surface area contributed by atoms with Crippen LogP contribution >= 0.6 is 11.6 Å². The van der Waals surface area contributed by atoms with Gasteiger partial charge in [-0.3, -0.25) is 9.13 Å². The van der Waals surface area contributed by atoms with Gasteiger partial charge in [0.1, 0.15) is 0 Å². The highest BCUT2D eigenvalue weighted by atomic mass is 35.5. The number of fused-ring (bicyclic) bond motifs is 1. The maximum absolute atomic E-state index is 11.9. The molecule has 0 saturated carbocycles. The van der Waals surface area contributed by atoms with Crippen LogP contribution in [0.4, 0.5) is 0 Å². The van der Waals surface area contributed by atoms with Gasteiger partial charge >= 0.3 is 5.69 Å². The summed E-state index contributed by atoms with van der Waals surface area (Å²) in [5, 5.41) is 0.638. The summed E-state index contributed by atoms with van der Waals surface area (Å²) in [6, 6.07) is 5.47. The molecule has 4 nitrogen and oxygen atoms in total. The number of nitrogens with two attached hydrogens (primary N) is 1. The molecule has 0 spiro atoms. The molecule has 0 aliphatic rings. The van der Waals surface area contributed by atoms with Crippen molar-refractivity contribution >= 4 is 22.6 Å². The summed E-state index contributed by atoms with van der Waals surface area (Å²) in [5.41, 5.74) is 7.20. The Labute approximate surface area is 98.2 Å². The predicted octanol–water partition coefficient (Wildman–Crippen LogP) is 1.34. The van der Waals surface area contributed by atoms with Crippen LogP contribution < -0.4 is 11.4 Å². The number of benzene rings is 1. The molecule has 2 rings (SSSR count). The Hall–Kier alpha value is -1.26. The number of hydrogen-bond donors (Lipinski definition) is 1. The molecule has 1 heterocycles. The number of nitrogens with zero attached hydrogens (tertiary/aromatic N) is 2. The van der Waals surface area contributed by atoms with E-state index >= 15 is 0 Å². The van der Waals surface area contributed by atoms with E-state index in [0.717, 1.165) is 17.5 Å². The summed E-state index contributed by atoms with van der Waals surface area (Å²) in [6.07, 6.45) is 0.793. The van der Waals surface area contributed by atoms with Crippen LogP contribution in [0.2, 0.25) is 5.02 Å². The van der Waals surface area contributed by atoms with Gasteiger partial charge < -0.3 is 5.73 Å². The van der Waals surface area contributed by atoms with Crippen molar-refractivity contribution < 1.29 is 0 Å². The molecular formula is C11H14ClN3O. The molecule has 0 bridgehead atoms. The third-order valence-corrected chi connectivity index (χ3v) is 2.93. The van der Waals surface area contributed by atoms with Crippen LogP contribution in [-0.4, -0.2) is 15.7 Å². The minimum atomic E-state index is -0.0225. The van der Waals surface area contributed by atoms with Crippen molar-refractivity contribution in [3.63, 3.8) is 0 Å². The van der Waals surface area contributed by atoms with E-state index in [9.17, 15) is 4.79 Å². The Morgan fingerprint density at radius 2 is 2.12 bits per heavy atom. The van der Waals surface area contributed by atoms with E-state index in [1.54, 1.807) is 28.3 Å². The Morgan fingerprint density at radius 1 is 1.38 bits per heavy atom. The smallest absolute Gasteiger partial charge is 0.328 e. The van der Waals surface area contributed by atoms with Gasteiger partial charge in [0.05, 0.1) is 11.0 Å². The minimum absolute atomic E-state index is 0.0225. The minimum Gasteiger partial charge on any atom is -0.330 e. The first-order valence-corrected chi connectivity index (χ1v) is 5.58. The normalized spacial score (nSPS) is 11.2. The Bertz CT molecular complexity index is 570. The Morgan fingerprint density at radius 3 is 2.81 bits per heavy atom. The summed E-state index contributed by atoms with van der Waals surface area (Å²) >= 11 is 5.91. The second-order valence-corrected chi connectivity index (χ2v) is 4.20. The van der Waals surface area contributed by atoms with Gasteiger partial charge in [0.25, 0.3) is 0 Å². The summed E-state index contributed by atoms with van der Waals surface area (Å²) in [6.45, 7) is 1.23. The van der Waals surface area contributed by atoms with Crippen molar-refractivity contribution in [1.82, 2.24) is 9.13 Å². The SMILES string of the molecule is Cn1c(=O)n(CCCN)c2ccc(Cl)cc21.